The highest BCUT2D eigenvalue weighted by Crippen LogP contribution is 2.20. The average Bonchev–Trinajstić information content (AvgIpc) is 2.23. The van der Waals surface area contributed by atoms with Crippen LogP contribution in [0.25, 0.3) is 0 Å². The lowest BCUT2D eigenvalue weighted by Gasteiger charge is -2.37. The van der Waals surface area contributed by atoms with Crippen LogP contribution in [-0.4, -0.2) is 38.0 Å². The van der Waals surface area contributed by atoms with Gasteiger partial charge in [-0.15, -0.1) is 0 Å². The predicted octanol–water partition coefficient (Wildman–Crippen LogP) is 0.246. The minimum Gasteiger partial charge on any atom is -0.389 e. The van der Waals surface area contributed by atoms with Gasteiger partial charge in [-0.25, -0.2) is 0 Å². The van der Waals surface area contributed by atoms with E-state index in [1.807, 2.05) is 24.3 Å². The van der Waals surface area contributed by atoms with Gasteiger partial charge in [0.2, 0.25) is 7.85 Å². The third-order valence-corrected chi connectivity index (χ3v) is 2.63. The molecule has 2 radical (unpaired) electrons. The highest BCUT2D eigenvalue weighted by molar-refractivity contribution is 6.57. The van der Waals surface area contributed by atoms with Gasteiger partial charge in [0.25, 0.3) is 0 Å². The number of rotatable bonds is 3. The summed E-state index contributed by atoms with van der Waals surface area (Å²) in [6.45, 7) is 1.83. The van der Waals surface area contributed by atoms with Crippen molar-refractivity contribution in [1.82, 2.24) is 5.32 Å². The van der Waals surface area contributed by atoms with E-state index in [9.17, 15) is 9.90 Å². The molecule has 1 heterocycles. The Balaban J connectivity index is 1.91. The standard InChI is InChI=1S/C11H13BN2O2/c12-11(16)13-5-8-1-3-9(4-2-8)14-6-10(15)7-14/h1-4,10,15H,5-7H2,(H,13,16). The fourth-order valence-electron chi connectivity index (χ4n) is 1.68. The molecule has 16 heavy (non-hydrogen) atoms. The van der Waals surface area contributed by atoms with E-state index in [0.717, 1.165) is 11.3 Å². The molecule has 0 bridgehead atoms. The van der Waals surface area contributed by atoms with Crippen LogP contribution in [0.3, 0.4) is 0 Å². The van der Waals surface area contributed by atoms with Crippen LogP contribution in [0.4, 0.5) is 10.5 Å². The van der Waals surface area contributed by atoms with Crippen molar-refractivity contribution in [2.75, 3.05) is 18.0 Å². The van der Waals surface area contributed by atoms with Gasteiger partial charge in [-0.2, -0.15) is 0 Å². The Morgan fingerprint density at radius 2 is 2.06 bits per heavy atom. The molecule has 82 valence electrons. The fraction of sp³-hybridized carbons (Fsp3) is 0.364. The van der Waals surface area contributed by atoms with Crippen molar-refractivity contribution >= 4 is 19.3 Å². The van der Waals surface area contributed by atoms with Crippen molar-refractivity contribution < 1.29 is 9.90 Å². The predicted molar refractivity (Wildman–Crippen MR) is 62.7 cm³/mol. The number of amides is 1. The molecule has 1 amide bonds. The third kappa shape index (κ3) is 2.55. The Labute approximate surface area is 95.7 Å². The summed E-state index contributed by atoms with van der Waals surface area (Å²) in [5.41, 5.74) is 2.09. The second kappa shape index (κ2) is 4.57. The fourth-order valence-corrected chi connectivity index (χ4v) is 1.68. The molecule has 4 nitrogen and oxygen atoms in total. The summed E-state index contributed by atoms with van der Waals surface area (Å²) in [6.07, 6.45) is -0.198. The maximum absolute atomic E-state index is 10.5. The van der Waals surface area contributed by atoms with Gasteiger partial charge in [-0.3, -0.25) is 4.79 Å². The summed E-state index contributed by atoms with van der Waals surface area (Å²) < 4.78 is 0. The van der Waals surface area contributed by atoms with Crippen LogP contribution in [-0.2, 0) is 6.54 Å². The van der Waals surface area contributed by atoms with E-state index in [4.69, 9.17) is 7.85 Å². The van der Waals surface area contributed by atoms with Crippen LogP contribution in [0, 0.1) is 0 Å². The molecule has 1 aliphatic rings. The Morgan fingerprint density at radius 1 is 1.44 bits per heavy atom. The molecule has 0 aliphatic carbocycles. The summed E-state index contributed by atoms with van der Waals surface area (Å²) in [4.78, 5) is 12.6. The number of hydrogen-bond acceptors (Lipinski definition) is 3. The lowest BCUT2D eigenvalue weighted by atomic mass is 10.1. The largest absolute Gasteiger partial charge is 0.389 e. The minimum atomic E-state index is -0.519. The Kier molecular flexibility index (Phi) is 3.15. The van der Waals surface area contributed by atoms with Gasteiger partial charge in [0, 0.05) is 25.3 Å². The van der Waals surface area contributed by atoms with Crippen LogP contribution in [0.5, 0.6) is 0 Å². The maximum atomic E-state index is 10.5. The zero-order valence-corrected chi connectivity index (χ0v) is 8.89. The summed E-state index contributed by atoms with van der Waals surface area (Å²) in [6, 6.07) is 7.83. The van der Waals surface area contributed by atoms with Gasteiger partial charge in [0.05, 0.1) is 6.10 Å². The van der Waals surface area contributed by atoms with Crippen molar-refractivity contribution in [2.24, 2.45) is 0 Å². The molecule has 1 aromatic carbocycles. The molecule has 0 saturated carbocycles. The van der Waals surface area contributed by atoms with Crippen LogP contribution >= 0.6 is 0 Å². The number of aliphatic hydroxyl groups excluding tert-OH is 1. The normalized spacial score (nSPS) is 15.7. The minimum absolute atomic E-state index is 0.198. The number of aliphatic hydroxyl groups is 1. The molecule has 2 N–H and O–H groups in total. The van der Waals surface area contributed by atoms with Crippen molar-refractivity contribution in [3.8, 4) is 0 Å². The number of β-amino-alcohol motifs (C(OH)–C–C–N with tert-alkyl or cyclic N) is 1. The summed E-state index contributed by atoms with van der Waals surface area (Å²) in [5, 5.41) is 11.7. The van der Waals surface area contributed by atoms with E-state index >= 15 is 0 Å². The molecule has 0 aromatic heterocycles. The first kappa shape index (κ1) is 11.0. The monoisotopic (exact) mass is 216 g/mol. The van der Waals surface area contributed by atoms with Crippen LogP contribution in [0.2, 0.25) is 0 Å². The summed E-state index contributed by atoms with van der Waals surface area (Å²) in [7, 11) is 4.98. The highest BCUT2D eigenvalue weighted by atomic mass is 16.3. The number of nitrogens with zero attached hydrogens (tertiary/aromatic N) is 1. The summed E-state index contributed by atoms with van der Waals surface area (Å²) >= 11 is 0. The number of anilines is 1. The number of nitrogens with one attached hydrogen (secondary N) is 1. The third-order valence-electron chi connectivity index (χ3n) is 2.63. The van der Waals surface area contributed by atoms with E-state index in [2.05, 4.69) is 10.2 Å². The zero-order chi connectivity index (χ0) is 11.5. The van der Waals surface area contributed by atoms with Gasteiger partial charge in [0.1, 0.15) is 0 Å². The number of benzene rings is 1. The van der Waals surface area contributed by atoms with Crippen molar-refractivity contribution in [3.05, 3.63) is 29.8 Å². The molecule has 2 rings (SSSR count). The van der Waals surface area contributed by atoms with E-state index in [-0.39, 0.29) is 6.10 Å². The van der Waals surface area contributed by atoms with Crippen molar-refractivity contribution in [1.29, 1.82) is 0 Å². The highest BCUT2D eigenvalue weighted by Gasteiger charge is 2.23. The lowest BCUT2D eigenvalue weighted by molar-refractivity contribution is 0.142. The average molecular weight is 216 g/mol. The molecule has 0 atom stereocenters. The second-order valence-corrected chi connectivity index (χ2v) is 3.94. The van der Waals surface area contributed by atoms with Gasteiger partial charge in [-0.1, -0.05) is 12.1 Å². The first-order valence-corrected chi connectivity index (χ1v) is 5.20. The quantitative estimate of drug-likeness (QED) is 0.712. The Hall–Kier alpha value is -1.49. The molecular weight excluding hydrogens is 203 g/mol. The topological polar surface area (TPSA) is 52.6 Å². The molecule has 1 aromatic rings. The second-order valence-electron chi connectivity index (χ2n) is 3.94. The molecule has 5 heteroatoms. The van der Waals surface area contributed by atoms with Crippen molar-refractivity contribution in [3.63, 3.8) is 0 Å². The molecular formula is C11H13BN2O2. The van der Waals surface area contributed by atoms with Gasteiger partial charge in [0.15, 0.2) is 5.81 Å². The number of carbonyl (C=O) groups is 1. The van der Waals surface area contributed by atoms with E-state index in [0.29, 0.717) is 19.6 Å². The number of hydrogen-bond donors (Lipinski definition) is 2. The van der Waals surface area contributed by atoms with Crippen LogP contribution < -0.4 is 10.2 Å². The maximum Gasteiger partial charge on any atom is 0.200 e. The van der Waals surface area contributed by atoms with Gasteiger partial charge in [-0.05, 0) is 17.7 Å². The first-order valence-electron chi connectivity index (χ1n) is 5.20. The zero-order valence-electron chi connectivity index (χ0n) is 8.89. The molecule has 1 aliphatic heterocycles. The molecule has 1 fully saturated rings. The number of carbonyl (C=O) groups excluding carboxylic acids is 1. The van der Waals surface area contributed by atoms with Crippen molar-refractivity contribution in [2.45, 2.75) is 12.6 Å². The van der Waals surface area contributed by atoms with E-state index in [1.54, 1.807) is 0 Å². The van der Waals surface area contributed by atoms with Gasteiger partial charge < -0.3 is 15.3 Å². The van der Waals surface area contributed by atoms with Gasteiger partial charge >= 0.3 is 0 Å². The molecule has 1 saturated heterocycles. The van der Waals surface area contributed by atoms with E-state index < -0.39 is 5.81 Å². The van der Waals surface area contributed by atoms with Crippen LogP contribution in [0.1, 0.15) is 5.56 Å². The first-order chi connectivity index (χ1) is 7.65. The molecule has 0 unspecified atom stereocenters. The SMILES string of the molecule is [B]C(=O)NCc1ccc(N2CC(O)C2)cc1. The smallest absolute Gasteiger partial charge is 0.200 e. The Bertz CT molecular complexity index is 374. The lowest BCUT2D eigenvalue weighted by Crippen LogP contribution is -2.50. The van der Waals surface area contributed by atoms with Crippen LogP contribution in [0.15, 0.2) is 24.3 Å². The molecule has 0 spiro atoms. The van der Waals surface area contributed by atoms with E-state index in [1.165, 1.54) is 0 Å². The Morgan fingerprint density at radius 3 is 2.56 bits per heavy atom. The summed E-state index contributed by atoms with van der Waals surface area (Å²) in [5.74, 6) is -0.519.